The van der Waals surface area contributed by atoms with Gasteiger partial charge in [0.25, 0.3) is 0 Å². The third kappa shape index (κ3) is 9.45. The highest BCUT2D eigenvalue weighted by atomic mass is 35.5. The maximum Gasteiger partial charge on any atom is 0.414 e. The fourth-order valence-corrected chi connectivity index (χ4v) is 2.91. The maximum absolute atomic E-state index is 9.10. The molecule has 0 radical (unpaired) electrons. The molecule has 0 atom stereocenters. The first kappa shape index (κ1) is 19.8. The van der Waals surface area contributed by atoms with Crippen LogP contribution in [0.1, 0.15) is 6.42 Å². The van der Waals surface area contributed by atoms with Crippen LogP contribution >= 0.6 is 23.4 Å². The first-order valence-corrected chi connectivity index (χ1v) is 8.63. The van der Waals surface area contributed by atoms with Crippen LogP contribution in [0.5, 0.6) is 0 Å². The lowest BCUT2D eigenvalue weighted by atomic mass is 10.3. The summed E-state index contributed by atoms with van der Waals surface area (Å²) in [6.45, 7) is 5.91. The molecule has 2 rings (SSSR count). The smallest absolute Gasteiger partial charge is 0.414 e. The number of carboxylic acid groups (broad SMARTS) is 2. The molecule has 6 nitrogen and oxygen atoms in total. The number of nitrogens with zero attached hydrogens (tertiary/aromatic N) is 1. The Morgan fingerprint density at radius 3 is 2.22 bits per heavy atom. The quantitative estimate of drug-likeness (QED) is 0.419. The van der Waals surface area contributed by atoms with Crippen LogP contribution in [0.3, 0.4) is 0 Å². The number of nitrogens with one attached hydrogen (secondary N) is 1. The van der Waals surface area contributed by atoms with Crippen LogP contribution in [0, 0.1) is 0 Å². The van der Waals surface area contributed by atoms with Gasteiger partial charge in [-0.25, -0.2) is 9.59 Å². The molecule has 1 aromatic rings. The molecule has 0 aromatic heterocycles. The molecule has 1 aliphatic heterocycles. The second-order valence-corrected chi connectivity index (χ2v) is 6.46. The van der Waals surface area contributed by atoms with Gasteiger partial charge in [-0.1, -0.05) is 11.6 Å². The van der Waals surface area contributed by atoms with E-state index < -0.39 is 11.9 Å². The molecule has 0 aliphatic carbocycles. The summed E-state index contributed by atoms with van der Waals surface area (Å²) in [5.41, 5.74) is 0. The van der Waals surface area contributed by atoms with E-state index in [2.05, 4.69) is 22.3 Å². The number of benzene rings is 1. The Morgan fingerprint density at radius 1 is 1.13 bits per heavy atom. The van der Waals surface area contributed by atoms with Crippen LogP contribution in [0.15, 0.2) is 29.2 Å². The van der Waals surface area contributed by atoms with Gasteiger partial charge in [-0.05, 0) is 43.0 Å². The van der Waals surface area contributed by atoms with Gasteiger partial charge in [-0.3, -0.25) is 0 Å². The van der Waals surface area contributed by atoms with Crippen molar-refractivity contribution >= 4 is 35.3 Å². The van der Waals surface area contributed by atoms with Crippen molar-refractivity contribution in [2.75, 3.05) is 38.5 Å². The summed E-state index contributed by atoms with van der Waals surface area (Å²) in [6, 6.07) is 8.11. The standard InChI is InChI=1S/C13H19ClN2S.C2H2O4/c14-12-2-4-13(5-3-12)17-11-1-8-16-9-6-15-7-10-16;3-1(4)2(5)6/h2-5,15H,1,6-11H2;(H,3,4)(H,5,6). The highest BCUT2D eigenvalue weighted by Gasteiger charge is 2.08. The first-order valence-electron chi connectivity index (χ1n) is 7.26. The van der Waals surface area contributed by atoms with Crippen molar-refractivity contribution in [3.05, 3.63) is 29.3 Å². The summed E-state index contributed by atoms with van der Waals surface area (Å²) in [6.07, 6.45) is 1.26. The molecule has 0 bridgehead atoms. The number of halogens is 1. The number of rotatable bonds is 5. The Hall–Kier alpha value is -1.28. The van der Waals surface area contributed by atoms with E-state index in [4.69, 9.17) is 31.4 Å². The lowest BCUT2D eigenvalue weighted by Crippen LogP contribution is -2.43. The van der Waals surface area contributed by atoms with E-state index >= 15 is 0 Å². The van der Waals surface area contributed by atoms with Crippen LogP contribution in [0.4, 0.5) is 0 Å². The van der Waals surface area contributed by atoms with Crippen molar-refractivity contribution < 1.29 is 19.8 Å². The van der Waals surface area contributed by atoms with E-state index in [1.807, 2.05) is 23.9 Å². The molecule has 3 N–H and O–H groups in total. The number of carboxylic acids is 2. The zero-order chi connectivity index (χ0) is 17.1. The van der Waals surface area contributed by atoms with Crippen molar-refractivity contribution in [2.24, 2.45) is 0 Å². The van der Waals surface area contributed by atoms with Crippen LogP contribution < -0.4 is 5.32 Å². The van der Waals surface area contributed by atoms with Gasteiger partial charge in [0.05, 0.1) is 0 Å². The third-order valence-corrected chi connectivity index (χ3v) is 4.44. The van der Waals surface area contributed by atoms with E-state index in [1.165, 1.54) is 36.7 Å². The molecule has 1 heterocycles. The van der Waals surface area contributed by atoms with Crippen LogP contribution in [-0.2, 0) is 9.59 Å². The summed E-state index contributed by atoms with van der Waals surface area (Å²) in [5.74, 6) is -2.46. The van der Waals surface area contributed by atoms with Gasteiger partial charge in [0, 0.05) is 36.1 Å². The monoisotopic (exact) mass is 360 g/mol. The molecule has 0 unspecified atom stereocenters. The summed E-state index contributed by atoms with van der Waals surface area (Å²) >= 11 is 7.77. The van der Waals surface area contributed by atoms with Crippen molar-refractivity contribution in [3.8, 4) is 0 Å². The highest BCUT2D eigenvalue weighted by molar-refractivity contribution is 7.99. The van der Waals surface area contributed by atoms with E-state index in [-0.39, 0.29) is 0 Å². The molecule has 0 saturated carbocycles. The largest absolute Gasteiger partial charge is 0.473 e. The van der Waals surface area contributed by atoms with Gasteiger partial charge in [0.2, 0.25) is 0 Å². The Kier molecular flexibility index (Phi) is 9.70. The van der Waals surface area contributed by atoms with Gasteiger partial charge in [-0.2, -0.15) is 0 Å². The zero-order valence-electron chi connectivity index (χ0n) is 12.7. The summed E-state index contributed by atoms with van der Waals surface area (Å²) in [5, 5.41) is 19.0. The normalized spacial score (nSPS) is 14.7. The highest BCUT2D eigenvalue weighted by Crippen LogP contribution is 2.20. The Labute approximate surface area is 144 Å². The summed E-state index contributed by atoms with van der Waals surface area (Å²) in [4.78, 5) is 22.1. The molecule has 1 aliphatic rings. The molecule has 0 spiro atoms. The molecular weight excluding hydrogens is 340 g/mol. The lowest BCUT2D eigenvalue weighted by Gasteiger charge is -2.26. The molecule has 128 valence electrons. The number of aliphatic carboxylic acids is 2. The molecule has 8 heteroatoms. The molecular formula is C15H21ClN2O4S. The average molecular weight is 361 g/mol. The van der Waals surface area contributed by atoms with Gasteiger partial charge in [-0.15, -0.1) is 11.8 Å². The van der Waals surface area contributed by atoms with Gasteiger partial charge >= 0.3 is 11.9 Å². The van der Waals surface area contributed by atoms with Crippen molar-refractivity contribution in [3.63, 3.8) is 0 Å². The third-order valence-electron chi connectivity index (χ3n) is 3.09. The van der Waals surface area contributed by atoms with Crippen molar-refractivity contribution in [1.82, 2.24) is 10.2 Å². The number of hydrogen-bond acceptors (Lipinski definition) is 5. The predicted octanol–water partition coefficient (Wildman–Crippen LogP) is 1.88. The fraction of sp³-hybridized carbons (Fsp3) is 0.467. The summed E-state index contributed by atoms with van der Waals surface area (Å²) in [7, 11) is 0. The predicted molar refractivity (Wildman–Crippen MR) is 91.4 cm³/mol. The molecule has 1 aromatic carbocycles. The molecule has 23 heavy (non-hydrogen) atoms. The minimum absolute atomic E-state index is 0.815. The molecule has 1 saturated heterocycles. The first-order chi connectivity index (χ1) is 11.0. The zero-order valence-corrected chi connectivity index (χ0v) is 14.3. The fourth-order valence-electron chi connectivity index (χ4n) is 1.94. The Bertz CT molecular complexity index is 481. The Balaban J connectivity index is 0.000000379. The minimum Gasteiger partial charge on any atom is -0.473 e. The van der Waals surface area contributed by atoms with Crippen molar-refractivity contribution in [2.45, 2.75) is 11.3 Å². The Morgan fingerprint density at radius 2 is 1.70 bits per heavy atom. The van der Waals surface area contributed by atoms with Crippen LogP contribution in [-0.4, -0.2) is 65.5 Å². The second-order valence-electron chi connectivity index (χ2n) is 4.86. The number of thioether (sulfide) groups is 1. The lowest BCUT2D eigenvalue weighted by molar-refractivity contribution is -0.159. The molecule has 0 amide bonds. The van der Waals surface area contributed by atoms with Crippen molar-refractivity contribution in [1.29, 1.82) is 0 Å². The second kappa shape index (κ2) is 11.3. The summed E-state index contributed by atoms with van der Waals surface area (Å²) < 4.78 is 0. The van der Waals surface area contributed by atoms with Gasteiger partial charge < -0.3 is 20.4 Å². The van der Waals surface area contributed by atoms with E-state index in [0.717, 1.165) is 18.1 Å². The van der Waals surface area contributed by atoms with Gasteiger partial charge in [0.15, 0.2) is 0 Å². The van der Waals surface area contributed by atoms with E-state index in [9.17, 15) is 0 Å². The SMILES string of the molecule is Clc1ccc(SCCCN2CCNCC2)cc1.O=C(O)C(=O)O. The van der Waals surface area contributed by atoms with Crippen LogP contribution in [0.25, 0.3) is 0 Å². The average Bonchev–Trinajstić information content (AvgIpc) is 2.55. The minimum atomic E-state index is -1.82. The molecule has 1 fully saturated rings. The topological polar surface area (TPSA) is 89.9 Å². The van der Waals surface area contributed by atoms with Crippen LogP contribution in [0.2, 0.25) is 5.02 Å². The number of carbonyl (C=O) groups is 2. The van der Waals surface area contributed by atoms with Gasteiger partial charge in [0.1, 0.15) is 0 Å². The number of hydrogen-bond donors (Lipinski definition) is 3. The maximum atomic E-state index is 9.10. The van der Waals surface area contributed by atoms with E-state index in [1.54, 1.807) is 0 Å². The number of piperazine rings is 1. The van der Waals surface area contributed by atoms with E-state index in [0.29, 0.717) is 0 Å².